The molecule has 0 saturated carbocycles. The largest absolute Gasteiger partial charge is 0.264 e. The lowest BCUT2D eigenvalue weighted by Gasteiger charge is -2.14. The van der Waals surface area contributed by atoms with Gasteiger partial charge in [-0.15, -0.1) is 0 Å². The Morgan fingerprint density at radius 3 is 2.56 bits per heavy atom. The summed E-state index contributed by atoms with van der Waals surface area (Å²) in [5, 5.41) is 0. The van der Waals surface area contributed by atoms with Crippen molar-refractivity contribution in [2.45, 2.75) is 38.5 Å². The average molecular weight is 239 g/mol. The van der Waals surface area contributed by atoms with Crippen LogP contribution in [0.25, 0.3) is 0 Å². The van der Waals surface area contributed by atoms with Crippen LogP contribution in [0.1, 0.15) is 43.2 Å². The van der Waals surface area contributed by atoms with Crippen LogP contribution in [-0.4, -0.2) is 4.98 Å². The molecule has 0 fully saturated rings. The van der Waals surface area contributed by atoms with Gasteiger partial charge >= 0.3 is 0 Å². The molecule has 0 aliphatic carbocycles. The highest BCUT2D eigenvalue weighted by molar-refractivity contribution is 5.16. The van der Waals surface area contributed by atoms with Crippen molar-refractivity contribution in [3.05, 3.63) is 66.0 Å². The maximum atomic E-state index is 4.22. The molecule has 1 aromatic heterocycles. The van der Waals surface area contributed by atoms with E-state index in [4.69, 9.17) is 0 Å². The first-order chi connectivity index (χ1) is 8.90. The second kappa shape index (κ2) is 6.95. The van der Waals surface area contributed by atoms with Gasteiger partial charge in [0.2, 0.25) is 0 Å². The zero-order valence-corrected chi connectivity index (χ0v) is 11.0. The number of rotatable bonds is 6. The van der Waals surface area contributed by atoms with Gasteiger partial charge in [-0.3, -0.25) is 4.98 Å². The van der Waals surface area contributed by atoms with Gasteiger partial charge in [-0.2, -0.15) is 0 Å². The van der Waals surface area contributed by atoms with Crippen molar-refractivity contribution in [3.63, 3.8) is 0 Å². The molecule has 1 atom stereocenters. The van der Waals surface area contributed by atoms with Crippen LogP contribution in [0.5, 0.6) is 0 Å². The Hall–Kier alpha value is -1.63. The topological polar surface area (TPSA) is 12.9 Å². The predicted octanol–water partition coefficient (Wildman–Crippen LogP) is 4.60. The van der Waals surface area contributed by atoms with Gasteiger partial charge in [0.1, 0.15) is 0 Å². The number of aromatic nitrogens is 1. The van der Waals surface area contributed by atoms with E-state index in [0.717, 1.165) is 0 Å². The molecule has 0 spiro atoms. The molecule has 94 valence electrons. The van der Waals surface area contributed by atoms with E-state index in [-0.39, 0.29) is 0 Å². The van der Waals surface area contributed by atoms with Gasteiger partial charge in [-0.05, 0) is 48.8 Å². The minimum atomic E-state index is 0.655. The van der Waals surface area contributed by atoms with Crippen molar-refractivity contribution in [2.75, 3.05) is 0 Å². The van der Waals surface area contributed by atoms with Crippen LogP contribution in [0.3, 0.4) is 0 Å². The van der Waals surface area contributed by atoms with Crippen molar-refractivity contribution in [3.8, 4) is 0 Å². The van der Waals surface area contributed by atoms with E-state index < -0.39 is 0 Å². The number of aryl methyl sites for hydroxylation is 1. The van der Waals surface area contributed by atoms with E-state index in [1.807, 2.05) is 18.5 Å². The zero-order valence-electron chi connectivity index (χ0n) is 11.0. The summed E-state index contributed by atoms with van der Waals surface area (Å²) in [5.41, 5.74) is 2.83. The molecule has 0 N–H and O–H groups in total. The molecule has 0 aliphatic rings. The molecular formula is C17H21N. The SMILES string of the molecule is CCC(CCCc1ccccc1)c1cccnc1. The molecule has 1 aromatic carbocycles. The summed E-state index contributed by atoms with van der Waals surface area (Å²) < 4.78 is 0. The molecular weight excluding hydrogens is 218 g/mol. The quantitative estimate of drug-likeness (QED) is 0.718. The van der Waals surface area contributed by atoms with Crippen LogP contribution in [0.4, 0.5) is 0 Å². The lowest BCUT2D eigenvalue weighted by Crippen LogP contribution is -1.99. The molecule has 18 heavy (non-hydrogen) atoms. The molecule has 1 heterocycles. The standard InChI is InChI=1S/C17H21N/c1-2-16(17-12-7-13-18-14-17)11-6-10-15-8-4-3-5-9-15/h3-5,7-9,12-14,16H,2,6,10-11H2,1H3. The lowest BCUT2D eigenvalue weighted by molar-refractivity contribution is 0.574. The van der Waals surface area contributed by atoms with Gasteiger partial charge in [-0.1, -0.05) is 43.3 Å². The second-order valence-corrected chi connectivity index (χ2v) is 4.77. The van der Waals surface area contributed by atoms with Gasteiger partial charge in [0.15, 0.2) is 0 Å². The smallest absolute Gasteiger partial charge is 0.0302 e. The van der Waals surface area contributed by atoms with Crippen LogP contribution in [0.15, 0.2) is 54.9 Å². The first kappa shape index (κ1) is 12.8. The predicted molar refractivity (Wildman–Crippen MR) is 76.6 cm³/mol. The van der Waals surface area contributed by atoms with Gasteiger partial charge in [0, 0.05) is 12.4 Å². The van der Waals surface area contributed by atoms with Crippen LogP contribution in [0, 0.1) is 0 Å². The number of benzene rings is 1. The minimum Gasteiger partial charge on any atom is -0.264 e. The Balaban J connectivity index is 1.85. The van der Waals surface area contributed by atoms with Gasteiger partial charge in [-0.25, -0.2) is 0 Å². The van der Waals surface area contributed by atoms with Crippen LogP contribution in [0.2, 0.25) is 0 Å². The van der Waals surface area contributed by atoms with Gasteiger partial charge < -0.3 is 0 Å². The Labute approximate surface area is 110 Å². The Bertz CT molecular complexity index is 436. The summed E-state index contributed by atoms with van der Waals surface area (Å²) in [4.78, 5) is 4.22. The number of pyridine rings is 1. The van der Waals surface area contributed by atoms with Crippen molar-refractivity contribution < 1.29 is 0 Å². The molecule has 1 unspecified atom stereocenters. The zero-order chi connectivity index (χ0) is 12.6. The van der Waals surface area contributed by atoms with Crippen LogP contribution in [-0.2, 0) is 6.42 Å². The maximum absolute atomic E-state index is 4.22. The lowest BCUT2D eigenvalue weighted by atomic mass is 9.91. The van der Waals surface area contributed by atoms with Gasteiger partial charge in [0.25, 0.3) is 0 Å². The summed E-state index contributed by atoms with van der Waals surface area (Å²) in [6.45, 7) is 2.26. The van der Waals surface area contributed by atoms with Crippen molar-refractivity contribution in [1.82, 2.24) is 4.98 Å². The maximum Gasteiger partial charge on any atom is 0.0302 e. The minimum absolute atomic E-state index is 0.655. The van der Waals surface area contributed by atoms with E-state index >= 15 is 0 Å². The molecule has 1 heteroatoms. The molecule has 0 saturated heterocycles. The molecule has 0 bridgehead atoms. The fourth-order valence-corrected chi connectivity index (χ4v) is 2.42. The van der Waals surface area contributed by atoms with Crippen molar-refractivity contribution in [2.24, 2.45) is 0 Å². The molecule has 0 radical (unpaired) electrons. The molecule has 1 nitrogen and oxygen atoms in total. The Kier molecular flexibility index (Phi) is 4.95. The number of hydrogen-bond acceptors (Lipinski definition) is 1. The first-order valence-electron chi connectivity index (χ1n) is 6.84. The normalized spacial score (nSPS) is 12.3. The molecule has 2 aromatic rings. The highest BCUT2D eigenvalue weighted by Crippen LogP contribution is 2.24. The summed E-state index contributed by atoms with van der Waals surface area (Å²) in [7, 11) is 0. The summed E-state index contributed by atoms with van der Waals surface area (Å²) in [6.07, 6.45) is 8.73. The molecule has 0 aliphatic heterocycles. The monoisotopic (exact) mass is 239 g/mol. The highest BCUT2D eigenvalue weighted by atomic mass is 14.6. The van der Waals surface area contributed by atoms with Gasteiger partial charge in [0.05, 0.1) is 0 Å². The Morgan fingerprint density at radius 2 is 1.89 bits per heavy atom. The molecule has 2 rings (SSSR count). The van der Waals surface area contributed by atoms with Crippen molar-refractivity contribution in [1.29, 1.82) is 0 Å². The fourth-order valence-electron chi connectivity index (χ4n) is 2.42. The van der Waals surface area contributed by atoms with E-state index in [1.54, 1.807) is 0 Å². The number of hydrogen-bond donors (Lipinski definition) is 0. The highest BCUT2D eigenvalue weighted by Gasteiger charge is 2.08. The van der Waals surface area contributed by atoms with E-state index in [9.17, 15) is 0 Å². The summed E-state index contributed by atoms with van der Waals surface area (Å²) >= 11 is 0. The third kappa shape index (κ3) is 3.69. The third-order valence-corrected chi connectivity index (χ3v) is 3.51. The van der Waals surface area contributed by atoms with Crippen molar-refractivity contribution >= 4 is 0 Å². The van der Waals surface area contributed by atoms with Crippen LogP contribution >= 0.6 is 0 Å². The molecule has 0 amide bonds. The van der Waals surface area contributed by atoms with E-state index in [0.29, 0.717) is 5.92 Å². The average Bonchev–Trinajstić information content (AvgIpc) is 2.46. The van der Waals surface area contributed by atoms with E-state index in [1.165, 1.54) is 36.8 Å². The first-order valence-corrected chi connectivity index (χ1v) is 6.84. The Morgan fingerprint density at radius 1 is 1.06 bits per heavy atom. The fraction of sp³-hybridized carbons (Fsp3) is 0.353. The summed E-state index contributed by atoms with van der Waals surface area (Å²) in [6, 6.07) is 15.0. The second-order valence-electron chi connectivity index (χ2n) is 4.77. The third-order valence-electron chi connectivity index (χ3n) is 3.51. The summed E-state index contributed by atoms with van der Waals surface area (Å²) in [5.74, 6) is 0.655. The van der Waals surface area contributed by atoms with E-state index in [2.05, 4.69) is 48.3 Å². The van der Waals surface area contributed by atoms with Crippen LogP contribution < -0.4 is 0 Å². The number of nitrogens with zero attached hydrogens (tertiary/aromatic N) is 1.